The number of hydrogen-bond acceptors (Lipinski definition) is 10. The molecule has 0 radical (unpaired) electrons. The van der Waals surface area contributed by atoms with Gasteiger partial charge in [0.1, 0.15) is 0 Å². The van der Waals surface area contributed by atoms with Crippen LogP contribution in [0.2, 0.25) is 0 Å². The molecule has 0 aliphatic heterocycles. The van der Waals surface area contributed by atoms with Crippen molar-refractivity contribution in [1.29, 1.82) is 0 Å². The Bertz CT molecular complexity index is 1050. The molecule has 0 bridgehead atoms. The Morgan fingerprint density at radius 1 is 0.500 bits per heavy atom. The van der Waals surface area contributed by atoms with Gasteiger partial charge >= 0.3 is 17.9 Å². The molecule has 0 rings (SSSR count). The number of unbranched alkanes of at least 4 members (excludes halogenated alkanes) is 14. The molecule has 13 heteroatoms. The number of carboxylic acid groups (broad SMARTS) is 2. The minimum absolute atomic E-state index is 0.0738. The van der Waals surface area contributed by atoms with Gasteiger partial charge in [0.15, 0.2) is 0 Å². The van der Waals surface area contributed by atoms with Gasteiger partial charge in [0.05, 0.1) is 13.2 Å². The molecule has 0 aromatic carbocycles. The van der Waals surface area contributed by atoms with Crippen molar-refractivity contribution in [3.05, 3.63) is 12.2 Å². The number of nitrogens with zero attached hydrogens (tertiary/aromatic N) is 2. The van der Waals surface area contributed by atoms with Gasteiger partial charge in [-0.2, -0.15) is 0 Å². The SMILES string of the molecule is CCCCC.CCCCCCCC(=O)OCCCCCC(=O)N(C)CCC.CCCCCCCC(=O)OCCCCCC(=O)[O-].CCCN(C)C(=O)C=CC(=O)O.CCCNC. The number of carbonyl (C=O) groups is 6. The van der Waals surface area contributed by atoms with E-state index in [-0.39, 0.29) is 30.2 Å². The summed E-state index contributed by atoms with van der Waals surface area (Å²) < 4.78 is 10.3. The van der Waals surface area contributed by atoms with E-state index in [9.17, 15) is 33.9 Å². The van der Waals surface area contributed by atoms with Gasteiger partial charge in [0.25, 0.3) is 0 Å². The zero-order valence-corrected chi connectivity index (χ0v) is 41.6. The standard InChI is InChI=1S/C18H35NO3.C14H26O4.C8H13NO3.C5H12.C4H11N/c1-4-6-7-8-11-14-18(21)22-16-12-9-10-13-17(20)19(3)15-5-2;1-2-3-4-5-8-11-14(17)18-12-9-6-7-10-13(15)16;1-3-6-9(2)7(10)4-5-8(11)12;1-3-5-4-2;1-3-4-5-2/h4-16H2,1-3H3;2-12H2,1H3,(H,15,16);4-5H,3,6H2,1-2H3,(H,11,12);3-5H2,1-2H3;5H,3-4H2,1-2H3/p-1. The van der Waals surface area contributed by atoms with Gasteiger partial charge in [-0.1, -0.05) is 119 Å². The van der Waals surface area contributed by atoms with Crippen molar-refractivity contribution in [3.8, 4) is 0 Å². The first-order valence-electron chi connectivity index (χ1n) is 24.2. The summed E-state index contributed by atoms with van der Waals surface area (Å²) in [4.78, 5) is 68.9. The molecule has 0 aromatic rings. The molecule has 368 valence electrons. The first kappa shape index (κ1) is 67.6. The van der Waals surface area contributed by atoms with Crippen LogP contribution >= 0.6 is 0 Å². The van der Waals surface area contributed by atoms with E-state index in [2.05, 4.69) is 46.9 Å². The molecule has 0 unspecified atom stereocenters. The van der Waals surface area contributed by atoms with Crippen LogP contribution in [-0.2, 0) is 38.2 Å². The summed E-state index contributed by atoms with van der Waals surface area (Å²) in [7, 11) is 5.45. The predicted octanol–water partition coefficient (Wildman–Crippen LogP) is 9.83. The Morgan fingerprint density at radius 3 is 1.26 bits per heavy atom. The third kappa shape index (κ3) is 65.6. The van der Waals surface area contributed by atoms with Crippen molar-refractivity contribution in [2.45, 2.75) is 215 Å². The minimum Gasteiger partial charge on any atom is -0.550 e. The summed E-state index contributed by atoms with van der Waals surface area (Å²) in [6.45, 7) is 18.4. The van der Waals surface area contributed by atoms with E-state index in [1.165, 1.54) is 69.1 Å². The summed E-state index contributed by atoms with van der Waals surface area (Å²) in [5.41, 5.74) is 0. The third-order valence-electron chi connectivity index (χ3n) is 9.05. The second-order valence-corrected chi connectivity index (χ2v) is 15.5. The minimum atomic E-state index is -1.10. The molecule has 0 spiro atoms. The Morgan fingerprint density at radius 2 is 0.903 bits per heavy atom. The number of carboxylic acids is 2. The average Bonchev–Trinajstić information content (AvgIpc) is 3.23. The number of rotatable bonds is 34. The first-order chi connectivity index (χ1) is 29.7. The first-order valence-corrected chi connectivity index (χ1v) is 24.2. The quantitative estimate of drug-likeness (QED) is 0.0356. The highest BCUT2D eigenvalue weighted by Gasteiger charge is 2.08. The number of hydrogen-bond donors (Lipinski definition) is 2. The van der Waals surface area contributed by atoms with Gasteiger partial charge in [-0.05, 0) is 90.6 Å². The number of nitrogens with one attached hydrogen (secondary N) is 1. The highest BCUT2D eigenvalue weighted by atomic mass is 16.5. The maximum Gasteiger partial charge on any atom is 0.328 e. The van der Waals surface area contributed by atoms with Crippen LogP contribution in [-0.4, -0.2) is 105 Å². The molecule has 2 amide bonds. The molecule has 0 aliphatic carbocycles. The van der Waals surface area contributed by atoms with E-state index in [1.54, 1.807) is 11.9 Å². The van der Waals surface area contributed by atoms with E-state index in [4.69, 9.17) is 14.6 Å². The molecule has 0 saturated carbocycles. The van der Waals surface area contributed by atoms with Crippen LogP contribution in [0, 0.1) is 0 Å². The van der Waals surface area contributed by atoms with Crippen molar-refractivity contribution in [2.75, 3.05) is 54.0 Å². The molecule has 0 aromatic heterocycles. The average molecular weight is 887 g/mol. The fourth-order valence-corrected chi connectivity index (χ4v) is 5.34. The monoisotopic (exact) mass is 887 g/mol. The molecule has 0 fully saturated rings. The van der Waals surface area contributed by atoms with E-state index < -0.39 is 11.9 Å². The Balaban J connectivity index is -0.000000242. The number of amides is 2. The van der Waals surface area contributed by atoms with Gasteiger partial charge in [0, 0.05) is 64.6 Å². The van der Waals surface area contributed by atoms with Crippen molar-refractivity contribution in [3.63, 3.8) is 0 Å². The lowest BCUT2D eigenvalue weighted by Gasteiger charge is -2.15. The molecule has 62 heavy (non-hydrogen) atoms. The zero-order valence-electron chi connectivity index (χ0n) is 41.6. The number of carbonyl (C=O) groups excluding carboxylic acids is 5. The highest BCUT2D eigenvalue weighted by Crippen LogP contribution is 2.08. The predicted molar refractivity (Wildman–Crippen MR) is 253 cm³/mol. The molecule has 13 nitrogen and oxygen atoms in total. The maximum absolute atomic E-state index is 11.7. The van der Waals surface area contributed by atoms with Gasteiger partial charge in [0.2, 0.25) is 11.8 Å². The Labute approximate surface area is 379 Å². The van der Waals surface area contributed by atoms with E-state index in [0.29, 0.717) is 45.4 Å². The zero-order chi connectivity index (χ0) is 48.1. The van der Waals surface area contributed by atoms with Crippen molar-refractivity contribution >= 4 is 35.7 Å². The van der Waals surface area contributed by atoms with Gasteiger partial charge < -0.3 is 39.6 Å². The second kappa shape index (κ2) is 57.5. The van der Waals surface area contributed by atoms with Gasteiger partial charge in [-0.15, -0.1) is 0 Å². The van der Waals surface area contributed by atoms with Crippen LogP contribution < -0.4 is 10.4 Å². The molecule has 0 saturated heterocycles. The fraction of sp³-hybridized carbons (Fsp3) is 0.837. The highest BCUT2D eigenvalue weighted by molar-refractivity contribution is 5.93. The van der Waals surface area contributed by atoms with Crippen molar-refractivity contribution < 1.29 is 48.5 Å². The smallest absolute Gasteiger partial charge is 0.328 e. The molecular weight excluding hydrogens is 791 g/mol. The molecular formula is C49H96N3O10-. The maximum atomic E-state index is 11.7. The van der Waals surface area contributed by atoms with Gasteiger partial charge in [-0.3, -0.25) is 19.2 Å². The van der Waals surface area contributed by atoms with Crippen molar-refractivity contribution in [2.24, 2.45) is 0 Å². The number of likely N-dealkylation sites (N-methyl/N-ethyl adjacent to an activating group) is 1. The van der Waals surface area contributed by atoms with Gasteiger partial charge in [-0.25, -0.2) is 4.79 Å². The Kier molecular flexibility index (Phi) is 62.7. The van der Waals surface area contributed by atoms with E-state index in [0.717, 1.165) is 95.9 Å². The summed E-state index contributed by atoms with van der Waals surface area (Å²) in [6, 6.07) is 0. The number of esters is 2. The van der Waals surface area contributed by atoms with Crippen LogP contribution in [0.1, 0.15) is 215 Å². The Hall–Kier alpha value is -3.48. The summed E-state index contributed by atoms with van der Waals surface area (Å²) >= 11 is 0. The lowest BCUT2D eigenvalue weighted by Crippen LogP contribution is -2.26. The van der Waals surface area contributed by atoms with E-state index in [1.807, 2.05) is 21.0 Å². The summed E-state index contributed by atoms with van der Waals surface area (Å²) in [5.74, 6) is -2.39. The van der Waals surface area contributed by atoms with Crippen LogP contribution in [0.5, 0.6) is 0 Å². The molecule has 0 atom stereocenters. The van der Waals surface area contributed by atoms with Crippen LogP contribution in [0.25, 0.3) is 0 Å². The third-order valence-corrected chi connectivity index (χ3v) is 9.05. The number of aliphatic carboxylic acids is 2. The number of ether oxygens (including phenoxy) is 2. The normalized spacial score (nSPS) is 10.0. The van der Waals surface area contributed by atoms with Crippen LogP contribution in [0.15, 0.2) is 12.2 Å². The van der Waals surface area contributed by atoms with Crippen LogP contribution in [0.4, 0.5) is 0 Å². The largest absolute Gasteiger partial charge is 0.550 e. The molecule has 0 heterocycles. The topological polar surface area (TPSA) is 183 Å². The lowest BCUT2D eigenvalue weighted by atomic mass is 10.1. The molecule has 2 N–H and O–H groups in total. The molecule has 0 aliphatic rings. The summed E-state index contributed by atoms with van der Waals surface area (Å²) in [6.07, 6.45) is 26.9. The fourth-order valence-electron chi connectivity index (χ4n) is 5.34. The summed E-state index contributed by atoms with van der Waals surface area (Å²) in [5, 5.41) is 21.4. The van der Waals surface area contributed by atoms with Crippen molar-refractivity contribution in [1.82, 2.24) is 15.1 Å². The van der Waals surface area contributed by atoms with Crippen LogP contribution in [0.3, 0.4) is 0 Å². The van der Waals surface area contributed by atoms with E-state index >= 15 is 0 Å². The lowest BCUT2D eigenvalue weighted by molar-refractivity contribution is -0.305. The second-order valence-electron chi connectivity index (χ2n) is 15.5.